The lowest BCUT2D eigenvalue weighted by molar-refractivity contribution is -0.137. The molecule has 1 aromatic rings. The third-order valence-corrected chi connectivity index (χ3v) is 2.17. The Morgan fingerprint density at radius 3 is 2.53 bits per heavy atom. The molecule has 2 nitrogen and oxygen atoms in total. The molecule has 84 valence electrons. The van der Waals surface area contributed by atoms with Gasteiger partial charge in [0.1, 0.15) is 0 Å². The van der Waals surface area contributed by atoms with Gasteiger partial charge in [-0.05, 0) is 25.5 Å². The van der Waals surface area contributed by atoms with Gasteiger partial charge in [-0.3, -0.25) is 4.98 Å². The van der Waals surface area contributed by atoms with Gasteiger partial charge >= 0.3 is 6.18 Å². The average Bonchev–Trinajstić information content (AvgIpc) is 2.12. The summed E-state index contributed by atoms with van der Waals surface area (Å²) < 4.78 is 36.9. The van der Waals surface area contributed by atoms with Crippen molar-refractivity contribution in [2.24, 2.45) is 5.73 Å². The van der Waals surface area contributed by atoms with E-state index in [0.717, 1.165) is 6.20 Å². The third-order valence-electron chi connectivity index (χ3n) is 1.85. The molecule has 15 heavy (non-hydrogen) atoms. The molecule has 0 saturated heterocycles. The highest BCUT2D eigenvalue weighted by molar-refractivity contribution is 6.31. The Morgan fingerprint density at radius 1 is 1.40 bits per heavy atom. The SMILES string of the molecule is NCCCc1cc(Cl)c(C(F)(F)F)cn1. The number of pyridine rings is 1. The molecule has 0 aromatic carbocycles. The molecule has 6 heteroatoms. The van der Waals surface area contributed by atoms with Gasteiger partial charge in [0.15, 0.2) is 0 Å². The number of rotatable bonds is 3. The Balaban J connectivity index is 2.89. The molecule has 0 fully saturated rings. The molecule has 0 unspecified atom stereocenters. The maximum Gasteiger partial charge on any atom is 0.419 e. The second kappa shape index (κ2) is 4.81. The molecule has 0 aliphatic rings. The Hall–Kier alpha value is -0.810. The van der Waals surface area contributed by atoms with Crippen LogP contribution in [0.25, 0.3) is 0 Å². The van der Waals surface area contributed by atoms with Crippen LogP contribution in [-0.4, -0.2) is 11.5 Å². The fourth-order valence-electron chi connectivity index (χ4n) is 1.10. The monoisotopic (exact) mass is 238 g/mol. The molecule has 0 spiro atoms. The number of hydrogen-bond acceptors (Lipinski definition) is 2. The van der Waals surface area contributed by atoms with Crippen LogP contribution in [0, 0.1) is 0 Å². The first kappa shape index (κ1) is 12.3. The van der Waals surface area contributed by atoms with Crippen molar-refractivity contribution in [3.05, 3.63) is 28.5 Å². The van der Waals surface area contributed by atoms with Crippen molar-refractivity contribution in [1.82, 2.24) is 4.98 Å². The van der Waals surface area contributed by atoms with E-state index in [1.54, 1.807) is 0 Å². The summed E-state index contributed by atoms with van der Waals surface area (Å²) in [5.41, 5.74) is 4.90. The number of aromatic nitrogens is 1. The van der Waals surface area contributed by atoms with E-state index in [0.29, 0.717) is 25.1 Å². The predicted molar refractivity (Wildman–Crippen MR) is 51.6 cm³/mol. The minimum atomic E-state index is -4.45. The van der Waals surface area contributed by atoms with Gasteiger partial charge in [0.2, 0.25) is 0 Å². The third kappa shape index (κ3) is 3.35. The summed E-state index contributed by atoms with van der Waals surface area (Å²) in [6.07, 6.45) is -2.48. The number of halogens is 4. The molecule has 1 rings (SSSR count). The van der Waals surface area contributed by atoms with E-state index >= 15 is 0 Å². The van der Waals surface area contributed by atoms with Crippen LogP contribution in [0.1, 0.15) is 17.7 Å². The van der Waals surface area contributed by atoms with Crippen LogP contribution in [0.5, 0.6) is 0 Å². The molecule has 0 aliphatic carbocycles. The number of nitrogens with two attached hydrogens (primary N) is 1. The first-order valence-corrected chi connectivity index (χ1v) is 4.74. The minimum Gasteiger partial charge on any atom is -0.330 e. The highest BCUT2D eigenvalue weighted by Crippen LogP contribution is 2.34. The molecule has 1 heterocycles. The standard InChI is InChI=1S/C9H10ClF3N2/c10-8-4-6(2-1-3-14)15-5-7(8)9(11,12)13/h4-5H,1-3,14H2. The Kier molecular flexibility index (Phi) is 3.93. The summed E-state index contributed by atoms with van der Waals surface area (Å²) in [5.74, 6) is 0. The quantitative estimate of drug-likeness (QED) is 0.879. The zero-order valence-electron chi connectivity index (χ0n) is 7.81. The van der Waals surface area contributed by atoms with Crippen LogP contribution in [0.2, 0.25) is 5.02 Å². The van der Waals surface area contributed by atoms with E-state index in [2.05, 4.69) is 4.98 Å². The van der Waals surface area contributed by atoms with E-state index in [-0.39, 0.29) is 5.02 Å². The second-order valence-electron chi connectivity index (χ2n) is 3.05. The number of aryl methyl sites for hydroxylation is 1. The van der Waals surface area contributed by atoms with Crippen LogP contribution in [0.4, 0.5) is 13.2 Å². The highest BCUT2D eigenvalue weighted by atomic mass is 35.5. The molecular weight excluding hydrogens is 229 g/mol. The molecule has 0 bridgehead atoms. The van der Waals surface area contributed by atoms with Crippen LogP contribution in [0.3, 0.4) is 0 Å². The summed E-state index contributed by atoms with van der Waals surface area (Å²) in [6.45, 7) is 0.473. The van der Waals surface area contributed by atoms with Crippen LogP contribution >= 0.6 is 11.6 Å². The summed E-state index contributed by atoms with van der Waals surface area (Å²) in [4.78, 5) is 3.68. The molecule has 0 amide bonds. The van der Waals surface area contributed by atoms with Crippen LogP contribution in [-0.2, 0) is 12.6 Å². The molecule has 0 saturated carbocycles. The van der Waals surface area contributed by atoms with Crippen molar-refractivity contribution < 1.29 is 13.2 Å². The van der Waals surface area contributed by atoms with E-state index in [1.165, 1.54) is 6.07 Å². The molecule has 1 aromatic heterocycles. The van der Waals surface area contributed by atoms with Gasteiger partial charge in [-0.2, -0.15) is 13.2 Å². The van der Waals surface area contributed by atoms with Crippen molar-refractivity contribution in [3.63, 3.8) is 0 Å². The van der Waals surface area contributed by atoms with Gasteiger partial charge < -0.3 is 5.73 Å². The maximum absolute atomic E-state index is 12.3. The van der Waals surface area contributed by atoms with Crippen molar-refractivity contribution in [2.75, 3.05) is 6.54 Å². The molecular formula is C9H10ClF3N2. The second-order valence-corrected chi connectivity index (χ2v) is 3.45. The fourth-order valence-corrected chi connectivity index (χ4v) is 1.38. The Bertz CT molecular complexity index is 339. The lowest BCUT2D eigenvalue weighted by Gasteiger charge is -2.09. The summed E-state index contributed by atoms with van der Waals surface area (Å²) in [5, 5.41) is -0.315. The lowest BCUT2D eigenvalue weighted by Crippen LogP contribution is -2.08. The van der Waals surface area contributed by atoms with Gasteiger partial charge in [-0.15, -0.1) is 0 Å². The zero-order chi connectivity index (χ0) is 11.5. The van der Waals surface area contributed by atoms with E-state index in [1.807, 2.05) is 0 Å². The molecule has 0 aliphatic heterocycles. The molecule has 2 N–H and O–H groups in total. The normalized spacial score (nSPS) is 11.8. The van der Waals surface area contributed by atoms with Gasteiger partial charge in [-0.25, -0.2) is 0 Å². The number of hydrogen-bond donors (Lipinski definition) is 1. The Morgan fingerprint density at radius 2 is 2.07 bits per heavy atom. The molecule has 0 radical (unpaired) electrons. The number of nitrogens with zero attached hydrogens (tertiary/aromatic N) is 1. The first-order chi connectivity index (χ1) is 6.95. The van der Waals surface area contributed by atoms with Crippen molar-refractivity contribution in [2.45, 2.75) is 19.0 Å². The van der Waals surface area contributed by atoms with Crippen LogP contribution < -0.4 is 5.73 Å². The predicted octanol–water partition coefficient (Wildman–Crippen LogP) is 2.65. The average molecular weight is 239 g/mol. The smallest absolute Gasteiger partial charge is 0.330 e. The minimum absolute atomic E-state index is 0.315. The first-order valence-electron chi connectivity index (χ1n) is 4.37. The summed E-state index contributed by atoms with van der Waals surface area (Å²) in [7, 11) is 0. The zero-order valence-corrected chi connectivity index (χ0v) is 8.57. The van der Waals surface area contributed by atoms with E-state index < -0.39 is 11.7 Å². The van der Waals surface area contributed by atoms with Gasteiger partial charge in [-0.1, -0.05) is 11.6 Å². The van der Waals surface area contributed by atoms with Crippen molar-refractivity contribution in [1.29, 1.82) is 0 Å². The van der Waals surface area contributed by atoms with Gasteiger partial charge in [0, 0.05) is 11.9 Å². The van der Waals surface area contributed by atoms with Gasteiger partial charge in [0.05, 0.1) is 10.6 Å². The molecule has 0 atom stereocenters. The van der Waals surface area contributed by atoms with Crippen molar-refractivity contribution >= 4 is 11.6 Å². The Labute approximate surface area is 90.3 Å². The lowest BCUT2D eigenvalue weighted by atomic mass is 10.2. The van der Waals surface area contributed by atoms with Crippen LogP contribution in [0.15, 0.2) is 12.3 Å². The fraction of sp³-hybridized carbons (Fsp3) is 0.444. The summed E-state index contributed by atoms with van der Waals surface area (Å²) in [6, 6.07) is 1.24. The number of alkyl halides is 3. The highest BCUT2D eigenvalue weighted by Gasteiger charge is 2.33. The van der Waals surface area contributed by atoms with Crippen molar-refractivity contribution in [3.8, 4) is 0 Å². The largest absolute Gasteiger partial charge is 0.419 e. The van der Waals surface area contributed by atoms with E-state index in [9.17, 15) is 13.2 Å². The maximum atomic E-state index is 12.3. The van der Waals surface area contributed by atoms with E-state index in [4.69, 9.17) is 17.3 Å². The topological polar surface area (TPSA) is 38.9 Å². The summed E-state index contributed by atoms with van der Waals surface area (Å²) >= 11 is 5.50. The van der Waals surface area contributed by atoms with Gasteiger partial charge in [0.25, 0.3) is 0 Å².